The van der Waals surface area contributed by atoms with Gasteiger partial charge >= 0.3 is 5.97 Å². The zero-order valence-corrected chi connectivity index (χ0v) is 7.73. The monoisotopic (exact) mass is 192 g/mol. The molecule has 4 heteroatoms. The van der Waals surface area contributed by atoms with Gasteiger partial charge in [-0.2, -0.15) is 0 Å². The molecule has 0 aliphatic carbocycles. The third kappa shape index (κ3) is 3.37. The summed E-state index contributed by atoms with van der Waals surface area (Å²) in [5, 5.41) is 11.5. The Morgan fingerprint density at radius 2 is 2.36 bits per heavy atom. The minimum atomic E-state index is -0.974. The van der Waals surface area contributed by atoms with Gasteiger partial charge in [0.1, 0.15) is 0 Å². The Balaban J connectivity index is 2.29. The number of carboxylic acids is 1. The molecule has 4 nitrogen and oxygen atoms in total. The average molecular weight is 192 g/mol. The van der Waals surface area contributed by atoms with E-state index in [0.717, 1.165) is 5.69 Å². The molecule has 14 heavy (non-hydrogen) atoms. The molecule has 1 aromatic heterocycles. The first-order chi connectivity index (χ1) is 6.70. The molecule has 0 aromatic carbocycles. The van der Waals surface area contributed by atoms with Crippen LogP contribution < -0.4 is 5.32 Å². The predicted octanol–water partition coefficient (Wildman–Crippen LogP) is 0.812. The van der Waals surface area contributed by atoms with Gasteiger partial charge in [-0.05, 0) is 12.1 Å². The van der Waals surface area contributed by atoms with Crippen LogP contribution in [0.15, 0.2) is 36.5 Å². The summed E-state index contributed by atoms with van der Waals surface area (Å²) in [5.41, 5.74) is 1.03. The molecule has 1 heterocycles. The summed E-state index contributed by atoms with van der Waals surface area (Å²) >= 11 is 0. The fourth-order valence-corrected chi connectivity index (χ4v) is 0.920. The van der Waals surface area contributed by atoms with Crippen molar-refractivity contribution in [3.63, 3.8) is 0 Å². The fraction of sp³-hybridized carbons (Fsp3) is 0.200. The number of hydrogen-bond acceptors (Lipinski definition) is 3. The van der Waals surface area contributed by atoms with Crippen molar-refractivity contribution in [1.29, 1.82) is 0 Å². The van der Waals surface area contributed by atoms with Crippen LogP contribution in [0, 0.1) is 0 Å². The van der Waals surface area contributed by atoms with Gasteiger partial charge in [0.25, 0.3) is 0 Å². The van der Waals surface area contributed by atoms with E-state index in [1.807, 2.05) is 18.2 Å². The molecular weight excluding hydrogens is 180 g/mol. The van der Waals surface area contributed by atoms with E-state index in [0.29, 0.717) is 6.54 Å². The van der Waals surface area contributed by atoms with Crippen LogP contribution in [0.5, 0.6) is 0 Å². The van der Waals surface area contributed by atoms with Crippen molar-refractivity contribution in [1.82, 2.24) is 10.3 Å². The van der Waals surface area contributed by atoms with Gasteiger partial charge in [0, 0.05) is 24.9 Å². The molecule has 0 amide bonds. The summed E-state index contributed by atoms with van der Waals surface area (Å²) in [5.74, 6) is -0.974. The zero-order chi connectivity index (χ0) is 10.4. The highest BCUT2D eigenvalue weighted by Gasteiger charge is 2.02. The van der Waals surface area contributed by atoms with Crippen molar-refractivity contribution in [3.8, 4) is 0 Å². The molecule has 2 N–H and O–H groups in total. The third-order valence-electron chi connectivity index (χ3n) is 1.67. The van der Waals surface area contributed by atoms with E-state index in [1.54, 1.807) is 6.20 Å². The highest BCUT2D eigenvalue weighted by Crippen LogP contribution is 1.93. The smallest absolute Gasteiger partial charge is 0.332 e. The highest BCUT2D eigenvalue weighted by molar-refractivity contribution is 5.86. The van der Waals surface area contributed by atoms with Gasteiger partial charge in [-0.1, -0.05) is 12.6 Å². The van der Waals surface area contributed by atoms with Crippen LogP contribution >= 0.6 is 0 Å². The minimum absolute atomic E-state index is 0.154. The van der Waals surface area contributed by atoms with Gasteiger partial charge in [0.15, 0.2) is 0 Å². The number of aliphatic carboxylic acids is 1. The summed E-state index contributed by atoms with van der Waals surface area (Å²) < 4.78 is 0. The zero-order valence-electron chi connectivity index (χ0n) is 7.73. The van der Waals surface area contributed by atoms with Crippen LogP contribution in [0.1, 0.15) is 5.69 Å². The second-order valence-corrected chi connectivity index (χ2v) is 2.83. The van der Waals surface area contributed by atoms with E-state index < -0.39 is 5.97 Å². The topological polar surface area (TPSA) is 62.2 Å². The Kier molecular flexibility index (Phi) is 3.82. The maximum atomic E-state index is 10.4. The summed E-state index contributed by atoms with van der Waals surface area (Å²) in [6.07, 6.45) is 1.70. The Hall–Kier alpha value is -1.68. The number of aromatic nitrogens is 1. The van der Waals surface area contributed by atoms with Crippen molar-refractivity contribution in [2.24, 2.45) is 0 Å². The average Bonchev–Trinajstić information content (AvgIpc) is 2.19. The van der Waals surface area contributed by atoms with Gasteiger partial charge < -0.3 is 10.4 Å². The number of nitrogens with one attached hydrogen (secondary N) is 1. The molecule has 74 valence electrons. The molecule has 0 saturated carbocycles. The first kappa shape index (κ1) is 10.4. The van der Waals surface area contributed by atoms with Crippen LogP contribution in [0.2, 0.25) is 0 Å². The number of hydrogen-bond donors (Lipinski definition) is 2. The number of nitrogens with zero attached hydrogens (tertiary/aromatic N) is 1. The van der Waals surface area contributed by atoms with Crippen molar-refractivity contribution >= 4 is 5.97 Å². The molecule has 0 fully saturated rings. The number of carbonyl (C=O) groups is 1. The van der Waals surface area contributed by atoms with Crippen molar-refractivity contribution in [2.45, 2.75) is 6.54 Å². The SMILES string of the molecule is C=C(CNCc1ccccn1)C(=O)O. The summed E-state index contributed by atoms with van der Waals surface area (Å²) in [6.45, 7) is 4.22. The number of rotatable bonds is 5. The van der Waals surface area contributed by atoms with E-state index in [-0.39, 0.29) is 12.1 Å². The van der Waals surface area contributed by atoms with E-state index in [2.05, 4.69) is 16.9 Å². The maximum Gasteiger partial charge on any atom is 0.332 e. The lowest BCUT2D eigenvalue weighted by atomic mass is 10.3. The van der Waals surface area contributed by atoms with Gasteiger partial charge in [-0.3, -0.25) is 4.98 Å². The highest BCUT2D eigenvalue weighted by atomic mass is 16.4. The summed E-state index contributed by atoms with van der Waals surface area (Å²) in [4.78, 5) is 14.5. The first-order valence-corrected chi connectivity index (χ1v) is 4.22. The molecular formula is C10H12N2O2. The van der Waals surface area contributed by atoms with Crippen molar-refractivity contribution in [3.05, 3.63) is 42.2 Å². The largest absolute Gasteiger partial charge is 0.478 e. The molecule has 0 aliphatic heterocycles. The maximum absolute atomic E-state index is 10.4. The normalized spacial score (nSPS) is 9.71. The van der Waals surface area contributed by atoms with Gasteiger partial charge in [0.2, 0.25) is 0 Å². The summed E-state index contributed by atoms with van der Waals surface area (Å²) in [6, 6.07) is 5.59. The van der Waals surface area contributed by atoms with Crippen LogP contribution in [0.4, 0.5) is 0 Å². The van der Waals surface area contributed by atoms with Crippen LogP contribution in [-0.4, -0.2) is 22.6 Å². The molecule has 0 saturated heterocycles. The van der Waals surface area contributed by atoms with Gasteiger partial charge in [-0.15, -0.1) is 0 Å². The quantitative estimate of drug-likeness (QED) is 0.678. The van der Waals surface area contributed by atoms with Gasteiger partial charge in [-0.25, -0.2) is 4.79 Å². The van der Waals surface area contributed by atoms with Crippen LogP contribution in [-0.2, 0) is 11.3 Å². The Bertz CT molecular complexity index is 322. The number of carboxylic acid groups (broad SMARTS) is 1. The molecule has 0 unspecified atom stereocenters. The summed E-state index contributed by atoms with van der Waals surface area (Å²) in [7, 11) is 0. The molecule has 0 radical (unpaired) electrons. The molecule has 0 aliphatic rings. The minimum Gasteiger partial charge on any atom is -0.478 e. The lowest BCUT2D eigenvalue weighted by Crippen LogP contribution is -2.20. The lowest BCUT2D eigenvalue weighted by molar-refractivity contribution is -0.132. The first-order valence-electron chi connectivity index (χ1n) is 4.22. The fourth-order valence-electron chi connectivity index (χ4n) is 0.920. The van der Waals surface area contributed by atoms with E-state index in [1.165, 1.54) is 0 Å². The van der Waals surface area contributed by atoms with Crippen molar-refractivity contribution in [2.75, 3.05) is 6.54 Å². The molecule has 0 bridgehead atoms. The Morgan fingerprint density at radius 1 is 1.57 bits per heavy atom. The van der Waals surface area contributed by atoms with Crippen molar-refractivity contribution < 1.29 is 9.90 Å². The third-order valence-corrected chi connectivity index (χ3v) is 1.67. The van der Waals surface area contributed by atoms with Crippen LogP contribution in [0.25, 0.3) is 0 Å². The predicted molar refractivity (Wildman–Crippen MR) is 52.7 cm³/mol. The van der Waals surface area contributed by atoms with Crippen LogP contribution in [0.3, 0.4) is 0 Å². The second-order valence-electron chi connectivity index (χ2n) is 2.83. The molecule has 0 atom stereocenters. The van der Waals surface area contributed by atoms with Gasteiger partial charge in [0.05, 0.1) is 5.69 Å². The molecule has 1 aromatic rings. The second kappa shape index (κ2) is 5.14. The van der Waals surface area contributed by atoms with E-state index in [9.17, 15) is 4.79 Å². The molecule has 1 rings (SSSR count). The van der Waals surface area contributed by atoms with E-state index >= 15 is 0 Å². The van der Waals surface area contributed by atoms with E-state index in [4.69, 9.17) is 5.11 Å². The Labute approximate surface area is 82.3 Å². The standard InChI is InChI=1S/C10H12N2O2/c1-8(10(13)14)6-11-7-9-4-2-3-5-12-9/h2-5,11H,1,6-7H2,(H,13,14). The lowest BCUT2D eigenvalue weighted by Gasteiger charge is -2.03. The molecule has 0 spiro atoms. The number of pyridine rings is 1. The Morgan fingerprint density at radius 3 is 2.93 bits per heavy atom.